The summed E-state index contributed by atoms with van der Waals surface area (Å²) in [6, 6.07) is 5.12. The highest BCUT2D eigenvalue weighted by Gasteiger charge is 2.31. The molecule has 0 saturated heterocycles. The predicted molar refractivity (Wildman–Crippen MR) is 61.3 cm³/mol. The molecule has 0 spiro atoms. The number of hydrogen-bond acceptors (Lipinski definition) is 4. The number of rotatable bonds is 3. The summed E-state index contributed by atoms with van der Waals surface area (Å²) < 4.78 is 40.1. The van der Waals surface area contributed by atoms with Crippen molar-refractivity contribution in [2.75, 3.05) is 0 Å². The second-order valence-electron chi connectivity index (χ2n) is 3.50. The third-order valence-electron chi connectivity index (χ3n) is 2.21. The van der Waals surface area contributed by atoms with Crippen molar-refractivity contribution in [3.8, 4) is 5.75 Å². The number of nitrogens with two attached hydrogens (primary N) is 1. The van der Waals surface area contributed by atoms with E-state index in [1.54, 1.807) is 17.8 Å². The van der Waals surface area contributed by atoms with Crippen molar-refractivity contribution in [3.05, 3.63) is 46.4 Å². The van der Waals surface area contributed by atoms with E-state index in [1.807, 2.05) is 0 Å². The number of thiazole rings is 1. The lowest BCUT2D eigenvalue weighted by Crippen LogP contribution is -2.17. The zero-order valence-corrected chi connectivity index (χ0v) is 9.83. The smallest absolute Gasteiger partial charge is 0.406 e. The van der Waals surface area contributed by atoms with Crippen molar-refractivity contribution in [1.82, 2.24) is 4.98 Å². The maximum Gasteiger partial charge on any atom is 0.573 e. The van der Waals surface area contributed by atoms with Gasteiger partial charge in [0.25, 0.3) is 0 Å². The molecule has 0 bridgehead atoms. The van der Waals surface area contributed by atoms with Gasteiger partial charge in [0.2, 0.25) is 0 Å². The van der Waals surface area contributed by atoms with Crippen LogP contribution in [0.25, 0.3) is 0 Å². The van der Waals surface area contributed by atoms with Crippen LogP contribution >= 0.6 is 11.3 Å². The molecule has 2 N–H and O–H groups in total. The van der Waals surface area contributed by atoms with Gasteiger partial charge >= 0.3 is 6.36 Å². The van der Waals surface area contributed by atoms with E-state index in [1.165, 1.54) is 29.5 Å². The lowest BCUT2D eigenvalue weighted by molar-refractivity contribution is -0.274. The zero-order valence-electron chi connectivity index (χ0n) is 9.02. The SMILES string of the molecule is NC(c1cccc(OC(F)(F)F)c1)c1cncs1. The number of benzene rings is 1. The number of alkyl halides is 3. The monoisotopic (exact) mass is 274 g/mol. The first-order valence-electron chi connectivity index (χ1n) is 4.95. The molecule has 0 aliphatic rings. The van der Waals surface area contributed by atoms with Crippen LogP contribution in [0, 0.1) is 0 Å². The average molecular weight is 274 g/mol. The summed E-state index contributed by atoms with van der Waals surface area (Å²) in [5, 5.41) is 0. The molecule has 2 aromatic rings. The van der Waals surface area contributed by atoms with Crippen LogP contribution in [-0.4, -0.2) is 11.3 Å². The third-order valence-corrected chi connectivity index (χ3v) is 3.07. The molecule has 1 unspecified atom stereocenters. The molecule has 0 amide bonds. The number of ether oxygens (including phenoxy) is 1. The number of nitrogens with zero attached hydrogens (tertiary/aromatic N) is 1. The van der Waals surface area contributed by atoms with E-state index in [2.05, 4.69) is 9.72 Å². The number of aromatic nitrogens is 1. The van der Waals surface area contributed by atoms with Gasteiger partial charge in [-0.05, 0) is 17.7 Å². The fourth-order valence-electron chi connectivity index (χ4n) is 1.45. The summed E-state index contributed by atoms with van der Waals surface area (Å²) in [7, 11) is 0. The molecule has 1 atom stereocenters. The largest absolute Gasteiger partial charge is 0.573 e. The summed E-state index contributed by atoms with van der Waals surface area (Å²) in [5.74, 6) is -0.278. The fourth-order valence-corrected chi connectivity index (χ4v) is 2.10. The quantitative estimate of drug-likeness (QED) is 0.935. The van der Waals surface area contributed by atoms with Crippen molar-refractivity contribution in [3.63, 3.8) is 0 Å². The van der Waals surface area contributed by atoms with Gasteiger partial charge in [0, 0.05) is 11.1 Å². The Balaban J connectivity index is 2.22. The molecule has 7 heteroatoms. The molecule has 0 fully saturated rings. The van der Waals surface area contributed by atoms with Crippen LogP contribution in [0.15, 0.2) is 36.0 Å². The van der Waals surface area contributed by atoms with Crippen molar-refractivity contribution < 1.29 is 17.9 Å². The second-order valence-corrected chi connectivity index (χ2v) is 4.42. The van der Waals surface area contributed by atoms with E-state index in [-0.39, 0.29) is 5.75 Å². The maximum absolute atomic E-state index is 12.1. The topological polar surface area (TPSA) is 48.1 Å². The van der Waals surface area contributed by atoms with Crippen molar-refractivity contribution >= 4 is 11.3 Å². The molecule has 0 aliphatic carbocycles. The molecule has 96 valence electrons. The summed E-state index contributed by atoms with van der Waals surface area (Å²) in [4.78, 5) is 4.65. The summed E-state index contributed by atoms with van der Waals surface area (Å²) in [6.07, 6.45) is -3.11. The number of halogens is 3. The molecule has 18 heavy (non-hydrogen) atoms. The van der Waals surface area contributed by atoms with E-state index in [9.17, 15) is 13.2 Å². The minimum Gasteiger partial charge on any atom is -0.406 e. The Morgan fingerprint density at radius 1 is 1.33 bits per heavy atom. The molecular weight excluding hydrogens is 265 g/mol. The Hall–Kier alpha value is -1.60. The minimum absolute atomic E-state index is 0.278. The van der Waals surface area contributed by atoms with Gasteiger partial charge in [-0.2, -0.15) is 0 Å². The third kappa shape index (κ3) is 3.21. The first kappa shape index (κ1) is 12.8. The van der Waals surface area contributed by atoms with Crippen LogP contribution in [-0.2, 0) is 0 Å². The lowest BCUT2D eigenvalue weighted by Gasteiger charge is -2.13. The molecule has 1 aromatic heterocycles. The van der Waals surface area contributed by atoms with Gasteiger partial charge in [-0.25, -0.2) is 0 Å². The molecular formula is C11H9F3N2OS. The molecule has 0 radical (unpaired) electrons. The van der Waals surface area contributed by atoms with Crippen LogP contribution in [0.5, 0.6) is 5.75 Å². The van der Waals surface area contributed by atoms with Gasteiger partial charge < -0.3 is 10.5 Å². The van der Waals surface area contributed by atoms with Gasteiger partial charge in [0.05, 0.1) is 11.6 Å². The highest BCUT2D eigenvalue weighted by atomic mass is 32.1. The average Bonchev–Trinajstić information content (AvgIpc) is 2.79. The van der Waals surface area contributed by atoms with Gasteiger partial charge in [-0.15, -0.1) is 24.5 Å². The summed E-state index contributed by atoms with van der Waals surface area (Å²) in [5.41, 5.74) is 8.09. The van der Waals surface area contributed by atoms with E-state index in [0.717, 1.165) is 4.88 Å². The Bertz CT molecular complexity index is 513. The molecule has 0 saturated carbocycles. The van der Waals surface area contributed by atoms with Gasteiger partial charge in [0.15, 0.2) is 0 Å². The Labute approximate surface area is 105 Å². The van der Waals surface area contributed by atoms with Crippen molar-refractivity contribution in [2.45, 2.75) is 12.4 Å². The van der Waals surface area contributed by atoms with Crippen molar-refractivity contribution in [1.29, 1.82) is 0 Å². The first-order chi connectivity index (χ1) is 8.46. The van der Waals surface area contributed by atoms with Crippen LogP contribution in [0.2, 0.25) is 0 Å². The molecule has 1 heterocycles. The lowest BCUT2D eigenvalue weighted by atomic mass is 10.1. The first-order valence-corrected chi connectivity index (χ1v) is 5.83. The van der Waals surface area contributed by atoms with E-state index >= 15 is 0 Å². The fraction of sp³-hybridized carbons (Fsp3) is 0.182. The van der Waals surface area contributed by atoms with Crippen molar-refractivity contribution in [2.24, 2.45) is 5.73 Å². The summed E-state index contributed by atoms with van der Waals surface area (Å²) >= 11 is 1.35. The molecule has 0 aliphatic heterocycles. The van der Waals surface area contributed by atoms with Crippen LogP contribution in [0.3, 0.4) is 0 Å². The van der Waals surface area contributed by atoms with Crippen LogP contribution in [0.4, 0.5) is 13.2 Å². The van der Waals surface area contributed by atoms with E-state index < -0.39 is 12.4 Å². The Morgan fingerprint density at radius 2 is 2.11 bits per heavy atom. The van der Waals surface area contributed by atoms with Crippen LogP contribution in [0.1, 0.15) is 16.5 Å². The molecule has 3 nitrogen and oxygen atoms in total. The van der Waals surface area contributed by atoms with Gasteiger partial charge in [-0.3, -0.25) is 4.98 Å². The minimum atomic E-state index is -4.70. The van der Waals surface area contributed by atoms with Gasteiger partial charge in [-0.1, -0.05) is 12.1 Å². The van der Waals surface area contributed by atoms with Gasteiger partial charge in [0.1, 0.15) is 5.75 Å². The summed E-state index contributed by atoms with van der Waals surface area (Å²) in [6.45, 7) is 0. The molecule has 2 rings (SSSR count). The normalized spacial score (nSPS) is 13.3. The van der Waals surface area contributed by atoms with E-state index in [4.69, 9.17) is 5.73 Å². The highest BCUT2D eigenvalue weighted by Crippen LogP contribution is 2.28. The predicted octanol–water partition coefficient (Wildman–Crippen LogP) is 3.09. The maximum atomic E-state index is 12.1. The Kier molecular flexibility index (Phi) is 3.53. The second kappa shape index (κ2) is 4.95. The zero-order chi connectivity index (χ0) is 13.2. The Morgan fingerprint density at radius 3 is 2.72 bits per heavy atom. The van der Waals surface area contributed by atoms with E-state index in [0.29, 0.717) is 5.56 Å². The van der Waals surface area contributed by atoms with Crippen LogP contribution < -0.4 is 10.5 Å². The molecule has 1 aromatic carbocycles. The number of hydrogen-bond donors (Lipinski definition) is 1. The standard InChI is InChI=1S/C11H9F3N2OS/c12-11(13,14)17-8-3-1-2-7(4-8)10(15)9-5-16-6-18-9/h1-6,10H,15H2. The highest BCUT2D eigenvalue weighted by molar-refractivity contribution is 7.09.